The molecule has 1 aliphatic rings. The number of hydrogen-bond donors (Lipinski definition) is 3. The number of hydrogen-bond acceptors (Lipinski definition) is 3. The molecule has 3 N–H and O–H groups in total. The number of carboxylic acid groups (broad SMARTS) is 1. The fourth-order valence-electron chi connectivity index (χ4n) is 3.44. The van der Waals surface area contributed by atoms with Gasteiger partial charge >= 0.3 is 5.97 Å². The van der Waals surface area contributed by atoms with Crippen LogP contribution in [-0.2, 0) is 16.0 Å². The fourth-order valence-corrected chi connectivity index (χ4v) is 4.06. The van der Waals surface area contributed by atoms with Crippen LogP contribution in [-0.4, -0.2) is 38.0 Å². The molecule has 0 aliphatic carbocycles. The molecule has 9 heteroatoms. The predicted octanol–water partition coefficient (Wildman–Crippen LogP) is 4.74. The van der Waals surface area contributed by atoms with E-state index in [1.807, 2.05) is 42.5 Å². The number of carbonyl (C=O) groups excluding carboxylic acids is 1. The number of amides is 1. The van der Waals surface area contributed by atoms with Gasteiger partial charge in [-0.3, -0.25) is 9.69 Å². The van der Waals surface area contributed by atoms with E-state index in [0.29, 0.717) is 15.7 Å². The van der Waals surface area contributed by atoms with Crippen molar-refractivity contribution in [2.45, 2.75) is 12.5 Å². The summed E-state index contributed by atoms with van der Waals surface area (Å²) in [5.74, 6) is -1.63. The first-order chi connectivity index (χ1) is 15.3. The molecule has 1 fully saturated rings. The van der Waals surface area contributed by atoms with Crippen LogP contribution < -0.4 is 5.32 Å². The third-order valence-electron chi connectivity index (χ3n) is 5.02. The van der Waals surface area contributed by atoms with Gasteiger partial charge in [-0.05, 0) is 53.7 Å². The van der Waals surface area contributed by atoms with Crippen LogP contribution in [0.5, 0.6) is 0 Å². The molecule has 1 unspecified atom stereocenters. The Morgan fingerprint density at radius 1 is 1.09 bits per heavy atom. The fraction of sp³-hybridized carbons (Fsp3) is 0.0870. The smallest absolute Gasteiger partial charge is 0.327 e. The first-order valence-corrected chi connectivity index (χ1v) is 10.8. The summed E-state index contributed by atoms with van der Waals surface area (Å²) < 4.78 is 0. The lowest BCUT2D eigenvalue weighted by atomic mass is 10.0. The number of aromatic amines is 1. The van der Waals surface area contributed by atoms with Crippen molar-refractivity contribution in [2.75, 3.05) is 0 Å². The molecular weight excluding hydrogens is 469 g/mol. The molecule has 1 amide bonds. The van der Waals surface area contributed by atoms with Gasteiger partial charge in [-0.15, -0.1) is 0 Å². The van der Waals surface area contributed by atoms with E-state index >= 15 is 0 Å². The summed E-state index contributed by atoms with van der Waals surface area (Å²) in [4.78, 5) is 29.3. The summed E-state index contributed by atoms with van der Waals surface area (Å²) in [6.45, 7) is 0. The van der Waals surface area contributed by atoms with Crippen LogP contribution in [0.4, 0.5) is 0 Å². The van der Waals surface area contributed by atoms with E-state index in [1.54, 1.807) is 24.3 Å². The van der Waals surface area contributed by atoms with Crippen LogP contribution in [0, 0.1) is 0 Å². The quantitative estimate of drug-likeness (QED) is 0.346. The van der Waals surface area contributed by atoms with Gasteiger partial charge in [-0.2, -0.15) is 0 Å². The van der Waals surface area contributed by atoms with Crippen molar-refractivity contribution in [3.63, 3.8) is 0 Å². The van der Waals surface area contributed by atoms with Gasteiger partial charge < -0.3 is 15.4 Å². The van der Waals surface area contributed by atoms with E-state index < -0.39 is 17.9 Å². The molecule has 2 aromatic carbocycles. The molecule has 0 spiro atoms. The van der Waals surface area contributed by atoms with Gasteiger partial charge in [0, 0.05) is 17.8 Å². The molecule has 1 saturated heterocycles. The van der Waals surface area contributed by atoms with Crippen molar-refractivity contribution >= 4 is 58.5 Å². The second-order valence-corrected chi connectivity index (χ2v) is 8.36. The summed E-state index contributed by atoms with van der Waals surface area (Å²) in [7, 11) is 0. The van der Waals surface area contributed by atoms with Gasteiger partial charge in [0.05, 0.1) is 10.0 Å². The zero-order valence-corrected chi connectivity index (χ0v) is 18.8. The lowest BCUT2D eigenvalue weighted by Crippen LogP contribution is -2.46. The molecular formula is C23H17Cl2N3O3S. The number of nitrogens with one attached hydrogen (secondary N) is 2. The second-order valence-electron chi connectivity index (χ2n) is 7.16. The maximum absolute atomic E-state index is 13.0. The average molecular weight is 486 g/mol. The van der Waals surface area contributed by atoms with Gasteiger partial charge in [0.15, 0.2) is 5.11 Å². The zero-order valence-electron chi connectivity index (χ0n) is 16.5. The number of nitrogens with zero attached hydrogens (tertiary/aromatic N) is 1. The van der Waals surface area contributed by atoms with Gasteiger partial charge in [0.1, 0.15) is 11.7 Å². The third kappa shape index (κ3) is 4.55. The molecule has 162 valence electrons. The van der Waals surface area contributed by atoms with Crippen molar-refractivity contribution in [2.24, 2.45) is 0 Å². The number of halogens is 2. The highest BCUT2D eigenvalue weighted by atomic mass is 35.5. The minimum atomic E-state index is -1.13. The highest BCUT2D eigenvalue weighted by molar-refractivity contribution is 7.80. The predicted molar refractivity (Wildman–Crippen MR) is 128 cm³/mol. The Kier molecular flexibility index (Phi) is 6.32. The Morgan fingerprint density at radius 3 is 2.53 bits per heavy atom. The molecule has 1 aromatic heterocycles. The van der Waals surface area contributed by atoms with Crippen LogP contribution in [0.15, 0.2) is 66.4 Å². The molecule has 3 aromatic rings. The molecule has 1 aliphatic heterocycles. The molecule has 4 rings (SSSR count). The topological polar surface area (TPSA) is 85.4 Å². The molecule has 1 atom stereocenters. The van der Waals surface area contributed by atoms with Crippen LogP contribution >= 0.6 is 35.4 Å². The van der Waals surface area contributed by atoms with Crippen LogP contribution in [0.25, 0.3) is 17.3 Å². The number of rotatable bonds is 6. The Balaban J connectivity index is 1.57. The number of aliphatic carboxylic acids is 1. The lowest BCUT2D eigenvalue weighted by Gasteiger charge is -2.22. The Hall–Kier alpha value is -3.13. The average Bonchev–Trinajstić information content (AvgIpc) is 3.34. The first-order valence-electron chi connectivity index (χ1n) is 9.61. The van der Waals surface area contributed by atoms with E-state index in [-0.39, 0.29) is 17.2 Å². The van der Waals surface area contributed by atoms with Crippen molar-refractivity contribution < 1.29 is 14.7 Å². The van der Waals surface area contributed by atoms with Crippen LogP contribution in [0.3, 0.4) is 0 Å². The molecule has 6 nitrogen and oxygen atoms in total. The third-order valence-corrected chi connectivity index (χ3v) is 6.06. The van der Waals surface area contributed by atoms with E-state index in [1.165, 1.54) is 0 Å². The molecule has 32 heavy (non-hydrogen) atoms. The summed E-state index contributed by atoms with van der Waals surface area (Å²) in [6.07, 6.45) is 1.73. The summed E-state index contributed by atoms with van der Waals surface area (Å²) >= 11 is 17.3. The van der Waals surface area contributed by atoms with Crippen molar-refractivity contribution in [3.05, 3.63) is 87.7 Å². The number of carboxylic acids is 1. The first kappa shape index (κ1) is 22.1. The van der Waals surface area contributed by atoms with Gasteiger partial charge in [-0.25, -0.2) is 4.79 Å². The Bertz CT molecular complexity index is 1240. The molecule has 0 radical (unpaired) electrons. The molecule has 0 saturated carbocycles. The number of thiocarbonyl (C=S) groups is 1. The van der Waals surface area contributed by atoms with Crippen molar-refractivity contribution in [1.29, 1.82) is 0 Å². The van der Waals surface area contributed by atoms with Gasteiger partial charge in [-0.1, -0.05) is 59.6 Å². The van der Waals surface area contributed by atoms with Crippen molar-refractivity contribution in [1.82, 2.24) is 15.2 Å². The van der Waals surface area contributed by atoms with E-state index in [4.69, 9.17) is 35.4 Å². The lowest BCUT2D eigenvalue weighted by molar-refractivity contribution is -0.145. The van der Waals surface area contributed by atoms with E-state index in [0.717, 1.165) is 21.7 Å². The standard InChI is InChI=1S/C23H17Cl2N3O3S/c24-16-8-6-14(11-17(16)25)18-9-7-15(26-18)12-19-21(29)28(23(32)27-19)20(22(30)31)10-13-4-2-1-3-5-13/h1-9,11-12,20,26H,10H2,(H,27,32)(H,30,31). The molecule has 2 heterocycles. The zero-order chi connectivity index (χ0) is 22.8. The summed E-state index contributed by atoms with van der Waals surface area (Å²) in [5, 5.41) is 13.5. The highest BCUT2D eigenvalue weighted by Crippen LogP contribution is 2.28. The van der Waals surface area contributed by atoms with E-state index in [9.17, 15) is 14.7 Å². The van der Waals surface area contributed by atoms with Gasteiger partial charge in [0.25, 0.3) is 5.91 Å². The minimum Gasteiger partial charge on any atom is -0.480 e. The van der Waals surface area contributed by atoms with Crippen LogP contribution in [0.2, 0.25) is 10.0 Å². The summed E-state index contributed by atoms with van der Waals surface area (Å²) in [6, 6.07) is 16.9. The van der Waals surface area contributed by atoms with Crippen LogP contribution in [0.1, 0.15) is 11.3 Å². The van der Waals surface area contributed by atoms with Gasteiger partial charge in [0.2, 0.25) is 0 Å². The second kappa shape index (κ2) is 9.16. The number of aromatic nitrogens is 1. The number of H-pyrrole nitrogens is 1. The van der Waals surface area contributed by atoms with Crippen molar-refractivity contribution in [3.8, 4) is 11.3 Å². The SMILES string of the molecule is O=C(O)C(Cc1ccccc1)N1C(=O)C(=Cc2ccc(-c3ccc(Cl)c(Cl)c3)[nH]2)NC1=S. The number of benzene rings is 2. The molecule has 0 bridgehead atoms. The largest absolute Gasteiger partial charge is 0.480 e. The monoisotopic (exact) mass is 485 g/mol. The Labute approximate surface area is 199 Å². The highest BCUT2D eigenvalue weighted by Gasteiger charge is 2.39. The summed E-state index contributed by atoms with van der Waals surface area (Å²) in [5.41, 5.74) is 3.25. The Morgan fingerprint density at radius 2 is 1.84 bits per heavy atom. The number of carbonyl (C=O) groups is 2. The van der Waals surface area contributed by atoms with E-state index in [2.05, 4.69) is 10.3 Å². The maximum atomic E-state index is 13.0. The normalized spacial score (nSPS) is 15.8. The minimum absolute atomic E-state index is 0.0563. The maximum Gasteiger partial charge on any atom is 0.327 e.